The molecule has 1 fully saturated rings. The number of amides is 1. The summed E-state index contributed by atoms with van der Waals surface area (Å²) in [6.45, 7) is 0.734. The Labute approximate surface area is 172 Å². The van der Waals surface area contributed by atoms with Gasteiger partial charge in [0.05, 0.1) is 12.5 Å². The second-order valence-electron chi connectivity index (χ2n) is 6.98. The molecular weight excluding hydrogens is 423 g/mol. The fourth-order valence-electron chi connectivity index (χ4n) is 3.06. The van der Waals surface area contributed by atoms with Gasteiger partial charge in [0, 0.05) is 29.9 Å². The van der Waals surface area contributed by atoms with Gasteiger partial charge in [0.25, 0.3) is 0 Å². The Bertz CT molecular complexity index is 1110. The summed E-state index contributed by atoms with van der Waals surface area (Å²) in [6.07, 6.45) is -4.81. The summed E-state index contributed by atoms with van der Waals surface area (Å²) in [4.78, 5) is 14.1. The number of hydrogen-bond acceptors (Lipinski definition) is 5. The molecule has 2 heterocycles. The average molecular weight is 438 g/mol. The van der Waals surface area contributed by atoms with Crippen LogP contribution in [0.1, 0.15) is 11.5 Å². The van der Waals surface area contributed by atoms with E-state index in [-0.39, 0.29) is 35.2 Å². The van der Waals surface area contributed by atoms with Gasteiger partial charge in [-0.05, 0) is 30.3 Å². The number of rotatable bonds is 5. The van der Waals surface area contributed by atoms with Crippen molar-refractivity contribution in [3.8, 4) is 11.5 Å². The molecule has 1 N–H and O–H groups in total. The van der Waals surface area contributed by atoms with Crippen molar-refractivity contribution in [1.29, 1.82) is 0 Å². The summed E-state index contributed by atoms with van der Waals surface area (Å²) >= 11 is 0. The standard InChI is InChI=1S/C20H15F5N4O2/c21-14-2-1-3-15(7-14)29(18(30)13-8-26-9-13)10-12-5-4-11(6-16(12)22)17-27-28-19(31-17)20(23,24)25/h1-7,13,26H,8-10H2. The molecule has 1 aromatic heterocycles. The SMILES string of the molecule is O=C(C1CNC1)N(Cc1ccc(-c2nnc(C(F)(F)F)o2)cc1F)c1cccc(F)c1. The van der Waals surface area contributed by atoms with Crippen LogP contribution in [-0.4, -0.2) is 29.2 Å². The zero-order chi connectivity index (χ0) is 22.2. The minimum absolute atomic E-state index is 0.0453. The summed E-state index contributed by atoms with van der Waals surface area (Å²) in [6, 6.07) is 8.95. The van der Waals surface area contributed by atoms with Crippen LogP contribution in [0.2, 0.25) is 0 Å². The van der Waals surface area contributed by atoms with Crippen LogP contribution in [-0.2, 0) is 17.5 Å². The highest BCUT2D eigenvalue weighted by atomic mass is 19.4. The Balaban J connectivity index is 1.61. The van der Waals surface area contributed by atoms with Gasteiger partial charge in [0.2, 0.25) is 11.8 Å². The molecule has 162 valence electrons. The molecule has 0 radical (unpaired) electrons. The zero-order valence-corrected chi connectivity index (χ0v) is 15.8. The van der Waals surface area contributed by atoms with E-state index in [2.05, 4.69) is 19.9 Å². The van der Waals surface area contributed by atoms with Gasteiger partial charge in [-0.1, -0.05) is 12.1 Å². The lowest BCUT2D eigenvalue weighted by Gasteiger charge is -2.32. The van der Waals surface area contributed by atoms with Crippen molar-refractivity contribution in [2.45, 2.75) is 12.7 Å². The third-order valence-electron chi connectivity index (χ3n) is 4.81. The number of halogens is 5. The fraction of sp³-hybridized carbons (Fsp3) is 0.250. The van der Waals surface area contributed by atoms with Crippen LogP contribution in [0.3, 0.4) is 0 Å². The van der Waals surface area contributed by atoms with Crippen molar-refractivity contribution >= 4 is 11.6 Å². The molecule has 0 bridgehead atoms. The van der Waals surface area contributed by atoms with E-state index in [1.54, 1.807) is 0 Å². The van der Waals surface area contributed by atoms with Crippen molar-refractivity contribution in [3.63, 3.8) is 0 Å². The Hall–Kier alpha value is -3.34. The summed E-state index contributed by atoms with van der Waals surface area (Å²) in [5, 5.41) is 9.18. The topological polar surface area (TPSA) is 71.3 Å². The molecule has 0 atom stereocenters. The summed E-state index contributed by atoms with van der Waals surface area (Å²) < 4.78 is 70.9. The number of nitrogens with zero attached hydrogens (tertiary/aromatic N) is 3. The maximum absolute atomic E-state index is 14.8. The number of carbonyl (C=O) groups is 1. The third-order valence-corrected chi connectivity index (χ3v) is 4.81. The Morgan fingerprint density at radius 1 is 1.13 bits per heavy atom. The van der Waals surface area contributed by atoms with E-state index in [4.69, 9.17) is 0 Å². The van der Waals surface area contributed by atoms with Gasteiger partial charge in [-0.3, -0.25) is 4.79 Å². The van der Waals surface area contributed by atoms with Crippen molar-refractivity contribution in [2.24, 2.45) is 5.92 Å². The average Bonchev–Trinajstić information content (AvgIpc) is 3.16. The first-order chi connectivity index (χ1) is 14.7. The van der Waals surface area contributed by atoms with E-state index in [0.29, 0.717) is 13.1 Å². The molecule has 31 heavy (non-hydrogen) atoms. The molecule has 1 aliphatic heterocycles. The summed E-state index contributed by atoms with van der Waals surface area (Å²) in [5.74, 6) is -3.97. The first kappa shape index (κ1) is 20.9. The van der Waals surface area contributed by atoms with Gasteiger partial charge in [-0.2, -0.15) is 13.2 Å². The largest absolute Gasteiger partial charge is 0.470 e. The van der Waals surface area contributed by atoms with Gasteiger partial charge in [0.15, 0.2) is 0 Å². The maximum Gasteiger partial charge on any atom is 0.470 e. The molecule has 0 aliphatic carbocycles. The van der Waals surface area contributed by atoms with Crippen molar-refractivity contribution in [2.75, 3.05) is 18.0 Å². The molecule has 1 saturated heterocycles. The molecule has 1 aliphatic rings. The number of hydrogen-bond donors (Lipinski definition) is 1. The molecule has 0 saturated carbocycles. The Morgan fingerprint density at radius 3 is 2.48 bits per heavy atom. The molecule has 1 amide bonds. The smallest absolute Gasteiger partial charge is 0.413 e. The van der Waals surface area contributed by atoms with Gasteiger partial charge >= 0.3 is 12.1 Å². The number of nitrogens with one attached hydrogen (secondary N) is 1. The highest BCUT2D eigenvalue weighted by molar-refractivity contribution is 5.95. The summed E-state index contributed by atoms with van der Waals surface area (Å²) in [5.41, 5.74) is 0.312. The van der Waals surface area contributed by atoms with E-state index in [0.717, 1.165) is 6.07 Å². The first-order valence-electron chi connectivity index (χ1n) is 9.19. The minimum atomic E-state index is -4.81. The molecule has 11 heteroatoms. The monoisotopic (exact) mass is 438 g/mol. The lowest BCUT2D eigenvalue weighted by atomic mass is 10.0. The third kappa shape index (κ3) is 4.41. The number of benzene rings is 2. The second kappa shape index (κ2) is 8.06. The van der Waals surface area contributed by atoms with Crippen molar-refractivity contribution in [3.05, 3.63) is 65.6 Å². The number of carbonyl (C=O) groups excluding carboxylic acids is 1. The number of alkyl halides is 3. The maximum atomic E-state index is 14.8. The molecule has 3 aromatic rings. The quantitative estimate of drug-likeness (QED) is 0.614. The van der Waals surface area contributed by atoms with Gasteiger partial charge in [0.1, 0.15) is 11.6 Å². The van der Waals surface area contributed by atoms with Gasteiger partial charge < -0.3 is 14.6 Å². The van der Waals surface area contributed by atoms with Crippen molar-refractivity contribution in [1.82, 2.24) is 15.5 Å². The molecule has 4 rings (SSSR count). The lowest BCUT2D eigenvalue weighted by molar-refractivity contribution is -0.157. The number of anilines is 1. The van der Waals surface area contributed by atoms with E-state index in [1.165, 1.54) is 41.3 Å². The predicted molar refractivity (Wildman–Crippen MR) is 98.6 cm³/mol. The Kier molecular flexibility index (Phi) is 5.44. The van der Waals surface area contributed by atoms with E-state index in [9.17, 15) is 26.7 Å². The fourth-order valence-corrected chi connectivity index (χ4v) is 3.06. The lowest BCUT2D eigenvalue weighted by Crippen LogP contribution is -2.52. The van der Waals surface area contributed by atoms with Crippen LogP contribution in [0.4, 0.5) is 27.6 Å². The zero-order valence-electron chi connectivity index (χ0n) is 15.8. The Morgan fingerprint density at radius 2 is 1.90 bits per heavy atom. The van der Waals surface area contributed by atoms with Gasteiger partial charge in [-0.15, -0.1) is 10.2 Å². The molecule has 0 spiro atoms. The second-order valence-corrected chi connectivity index (χ2v) is 6.98. The van der Waals surface area contributed by atoms with E-state index in [1.807, 2.05) is 0 Å². The van der Waals surface area contributed by atoms with Gasteiger partial charge in [-0.25, -0.2) is 8.78 Å². The molecule has 6 nitrogen and oxygen atoms in total. The highest BCUT2D eigenvalue weighted by Gasteiger charge is 2.38. The van der Waals surface area contributed by atoms with Crippen LogP contribution in [0.5, 0.6) is 0 Å². The molecule has 2 aromatic carbocycles. The van der Waals surface area contributed by atoms with E-state index < -0.39 is 29.6 Å². The predicted octanol–water partition coefficient (Wildman–Crippen LogP) is 3.79. The molecule has 0 unspecified atom stereocenters. The van der Waals surface area contributed by atoms with Crippen LogP contribution in [0.25, 0.3) is 11.5 Å². The normalized spacial score (nSPS) is 14.4. The van der Waals surface area contributed by atoms with E-state index >= 15 is 0 Å². The van der Waals surface area contributed by atoms with Crippen LogP contribution in [0.15, 0.2) is 46.9 Å². The number of aromatic nitrogens is 2. The first-order valence-corrected chi connectivity index (χ1v) is 9.19. The van der Waals surface area contributed by atoms with Crippen LogP contribution in [0, 0.1) is 17.6 Å². The highest BCUT2D eigenvalue weighted by Crippen LogP contribution is 2.31. The van der Waals surface area contributed by atoms with Crippen molar-refractivity contribution < 1.29 is 31.2 Å². The molecular formula is C20H15F5N4O2. The van der Waals surface area contributed by atoms with Crippen LogP contribution < -0.4 is 10.2 Å². The van der Waals surface area contributed by atoms with Crippen LogP contribution >= 0.6 is 0 Å². The minimum Gasteiger partial charge on any atom is -0.413 e. The summed E-state index contributed by atoms with van der Waals surface area (Å²) in [7, 11) is 0.